The summed E-state index contributed by atoms with van der Waals surface area (Å²) in [5, 5.41) is 5.00. The molecule has 1 aromatic heterocycles. The Bertz CT molecular complexity index is 800. The summed E-state index contributed by atoms with van der Waals surface area (Å²) >= 11 is 0. The van der Waals surface area contributed by atoms with Gasteiger partial charge in [-0.2, -0.15) is 22.5 Å². The lowest BCUT2D eigenvalue weighted by atomic mass is 10.1. The molecule has 2 N–H and O–H groups in total. The van der Waals surface area contributed by atoms with E-state index in [0.717, 1.165) is 6.42 Å². The molecule has 0 radical (unpaired) electrons. The zero-order valence-corrected chi connectivity index (χ0v) is 13.5. The van der Waals surface area contributed by atoms with E-state index >= 15 is 0 Å². The zero-order chi connectivity index (χ0) is 18.7. The second-order valence-electron chi connectivity index (χ2n) is 5.74. The van der Waals surface area contributed by atoms with Gasteiger partial charge in [0.1, 0.15) is 11.8 Å². The van der Waals surface area contributed by atoms with Crippen LogP contribution in [0.3, 0.4) is 0 Å². The molecule has 1 fully saturated rings. The highest BCUT2D eigenvalue weighted by Gasteiger charge is 2.23. The Kier molecular flexibility index (Phi) is 5.36. The highest BCUT2D eigenvalue weighted by atomic mass is 19.2. The van der Waals surface area contributed by atoms with Gasteiger partial charge in [-0.3, -0.25) is 4.79 Å². The first-order valence-corrected chi connectivity index (χ1v) is 7.91. The fourth-order valence-electron chi connectivity index (χ4n) is 2.60. The molecule has 2 aromatic rings. The molecule has 2 heterocycles. The second kappa shape index (κ2) is 7.69. The number of halogens is 4. The van der Waals surface area contributed by atoms with Crippen molar-refractivity contribution in [2.75, 3.05) is 17.2 Å². The number of ether oxygens (including phenoxy) is 1. The lowest BCUT2D eigenvalue weighted by Crippen LogP contribution is -2.26. The smallest absolute Gasteiger partial charge is 0.253 e. The van der Waals surface area contributed by atoms with Gasteiger partial charge >= 0.3 is 0 Å². The number of carbonyl (C=O) groups excluding carboxylic acids is 1. The number of nitrogens with one attached hydrogen (secondary N) is 2. The molecule has 1 aliphatic rings. The molecule has 1 unspecified atom stereocenters. The average Bonchev–Trinajstić information content (AvgIpc) is 3.15. The minimum atomic E-state index is -1.73. The molecule has 1 atom stereocenters. The Labute approximate surface area is 146 Å². The molecule has 1 amide bonds. The lowest BCUT2D eigenvalue weighted by Gasteiger charge is -2.12. The first kappa shape index (κ1) is 18.1. The minimum Gasteiger partial charge on any atom is -0.376 e. The van der Waals surface area contributed by atoms with E-state index in [1.807, 2.05) is 0 Å². The third kappa shape index (κ3) is 3.93. The molecule has 9 heteroatoms. The number of hydrogen-bond donors (Lipinski definition) is 2. The highest BCUT2D eigenvalue weighted by Crippen LogP contribution is 2.23. The van der Waals surface area contributed by atoms with Crippen LogP contribution in [0.4, 0.5) is 28.9 Å². The molecule has 138 valence electrons. The molecule has 0 saturated carbocycles. The number of anilines is 2. The number of benzene rings is 1. The Morgan fingerprint density at radius 1 is 1.19 bits per heavy atom. The first-order chi connectivity index (χ1) is 12.5. The molecular weight excluding hydrogens is 354 g/mol. The average molecular weight is 369 g/mol. The largest absolute Gasteiger partial charge is 0.376 e. The first-order valence-electron chi connectivity index (χ1n) is 7.91. The summed E-state index contributed by atoms with van der Waals surface area (Å²) in [6.07, 6.45) is 0.964. The SMILES string of the molecule is O=C(Nc1cccc(CNc2c(F)c(F)nc(F)c2F)c1)C1CCCO1. The van der Waals surface area contributed by atoms with Crippen LogP contribution < -0.4 is 10.6 Å². The van der Waals surface area contributed by atoms with Crippen LogP contribution in [0.5, 0.6) is 0 Å². The van der Waals surface area contributed by atoms with Crippen LogP contribution in [0, 0.1) is 23.5 Å². The quantitative estimate of drug-likeness (QED) is 0.627. The summed E-state index contributed by atoms with van der Waals surface area (Å²) in [6, 6.07) is 6.47. The van der Waals surface area contributed by atoms with E-state index in [1.165, 1.54) is 0 Å². The maximum Gasteiger partial charge on any atom is 0.253 e. The van der Waals surface area contributed by atoms with Crippen molar-refractivity contribution in [3.8, 4) is 0 Å². The van der Waals surface area contributed by atoms with Crippen molar-refractivity contribution in [3.63, 3.8) is 0 Å². The third-order valence-electron chi connectivity index (χ3n) is 3.88. The summed E-state index contributed by atoms with van der Waals surface area (Å²) in [7, 11) is 0. The number of rotatable bonds is 5. The lowest BCUT2D eigenvalue weighted by molar-refractivity contribution is -0.124. The fourth-order valence-corrected chi connectivity index (χ4v) is 2.60. The molecular formula is C17H15F4N3O2. The predicted octanol–water partition coefficient (Wildman–Crippen LogP) is 3.37. The van der Waals surface area contributed by atoms with Gasteiger partial charge in [-0.15, -0.1) is 0 Å². The van der Waals surface area contributed by atoms with E-state index in [4.69, 9.17) is 4.74 Å². The van der Waals surface area contributed by atoms with Gasteiger partial charge in [-0.1, -0.05) is 12.1 Å². The van der Waals surface area contributed by atoms with Gasteiger partial charge in [-0.05, 0) is 30.5 Å². The maximum atomic E-state index is 13.6. The van der Waals surface area contributed by atoms with Gasteiger partial charge in [0.2, 0.25) is 11.6 Å². The van der Waals surface area contributed by atoms with Gasteiger partial charge in [-0.25, -0.2) is 0 Å². The molecule has 0 spiro atoms. The van der Waals surface area contributed by atoms with Gasteiger partial charge in [0, 0.05) is 18.8 Å². The number of pyridine rings is 1. The van der Waals surface area contributed by atoms with E-state index in [2.05, 4.69) is 15.6 Å². The van der Waals surface area contributed by atoms with Crippen LogP contribution >= 0.6 is 0 Å². The van der Waals surface area contributed by atoms with Gasteiger partial charge < -0.3 is 15.4 Å². The molecule has 0 aliphatic carbocycles. The van der Waals surface area contributed by atoms with Crippen molar-refractivity contribution in [1.29, 1.82) is 0 Å². The van der Waals surface area contributed by atoms with Crippen LogP contribution in [0.2, 0.25) is 0 Å². The number of nitrogens with zero attached hydrogens (tertiary/aromatic N) is 1. The standard InChI is InChI=1S/C17H15F4N3O2/c18-12-14(13(19)16(21)24-15(12)20)22-8-9-3-1-4-10(7-9)23-17(25)11-5-2-6-26-11/h1,3-4,7,11H,2,5-6,8H2,(H,22,24)(H,23,25). The molecule has 1 saturated heterocycles. The van der Waals surface area contributed by atoms with Crippen molar-refractivity contribution in [2.24, 2.45) is 0 Å². The molecule has 5 nitrogen and oxygen atoms in total. The number of aromatic nitrogens is 1. The monoisotopic (exact) mass is 369 g/mol. The van der Waals surface area contributed by atoms with Crippen LogP contribution in [-0.4, -0.2) is 23.6 Å². The summed E-state index contributed by atoms with van der Waals surface area (Å²) in [5.74, 6) is -6.95. The van der Waals surface area contributed by atoms with Gasteiger partial charge in [0.15, 0.2) is 0 Å². The van der Waals surface area contributed by atoms with Crippen LogP contribution in [0.1, 0.15) is 18.4 Å². The number of hydrogen-bond acceptors (Lipinski definition) is 4. The highest BCUT2D eigenvalue weighted by molar-refractivity contribution is 5.94. The zero-order valence-electron chi connectivity index (χ0n) is 13.5. The normalized spacial score (nSPS) is 16.5. The molecule has 0 bridgehead atoms. The third-order valence-corrected chi connectivity index (χ3v) is 3.88. The number of carbonyl (C=O) groups is 1. The molecule has 1 aliphatic heterocycles. The predicted molar refractivity (Wildman–Crippen MR) is 85.4 cm³/mol. The van der Waals surface area contributed by atoms with Gasteiger partial charge in [0.25, 0.3) is 17.8 Å². The summed E-state index contributed by atoms with van der Waals surface area (Å²) in [5.41, 5.74) is 0.0631. The van der Waals surface area contributed by atoms with Crippen molar-refractivity contribution in [3.05, 3.63) is 53.4 Å². The minimum absolute atomic E-state index is 0.125. The number of amides is 1. The van der Waals surface area contributed by atoms with Crippen molar-refractivity contribution in [2.45, 2.75) is 25.5 Å². The summed E-state index contributed by atoms with van der Waals surface area (Å²) < 4.78 is 58.7. The van der Waals surface area contributed by atoms with Gasteiger partial charge in [0.05, 0.1) is 0 Å². The van der Waals surface area contributed by atoms with Crippen molar-refractivity contribution >= 4 is 17.3 Å². The maximum absolute atomic E-state index is 13.6. The Hall–Kier alpha value is -2.68. The topological polar surface area (TPSA) is 63.2 Å². The molecule has 3 rings (SSSR count). The van der Waals surface area contributed by atoms with E-state index in [-0.39, 0.29) is 12.5 Å². The summed E-state index contributed by atoms with van der Waals surface area (Å²) in [6.45, 7) is 0.415. The van der Waals surface area contributed by atoms with E-state index in [1.54, 1.807) is 24.3 Å². The molecule has 26 heavy (non-hydrogen) atoms. The van der Waals surface area contributed by atoms with Crippen molar-refractivity contribution < 1.29 is 27.1 Å². The Morgan fingerprint density at radius 3 is 2.58 bits per heavy atom. The van der Waals surface area contributed by atoms with Crippen molar-refractivity contribution in [1.82, 2.24) is 4.98 Å². The Balaban J connectivity index is 1.69. The van der Waals surface area contributed by atoms with E-state index < -0.39 is 35.3 Å². The second-order valence-corrected chi connectivity index (χ2v) is 5.74. The van der Waals surface area contributed by atoms with E-state index in [9.17, 15) is 22.4 Å². The fraction of sp³-hybridized carbons (Fsp3) is 0.294. The molecule has 1 aromatic carbocycles. The van der Waals surface area contributed by atoms with Crippen LogP contribution in [0.15, 0.2) is 24.3 Å². The van der Waals surface area contributed by atoms with Crippen LogP contribution in [-0.2, 0) is 16.1 Å². The summed E-state index contributed by atoms with van der Waals surface area (Å²) in [4.78, 5) is 14.5. The van der Waals surface area contributed by atoms with E-state index in [0.29, 0.717) is 24.3 Å². The Morgan fingerprint density at radius 2 is 1.92 bits per heavy atom. The van der Waals surface area contributed by atoms with Crippen LogP contribution in [0.25, 0.3) is 0 Å².